The molecule has 4 rings (SSSR count). The number of nitrogens with zero attached hydrogens (tertiary/aromatic N) is 3. The summed E-state index contributed by atoms with van der Waals surface area (Å²) in [5.74, 6) is 1.49. The minimum atomic E-state index is -3.58. The quantitative estimate of drug-likeness (QED) is 0.522. The largest absolute Gasteiger partial charge is 0.356 e. The van der Waals surface area contributed by atoms with Gasteiger partial charge in [0.25, 0.3) is 10.0 Å². The summed E-state index contributed by atoms with van der Waals surface area (Å²) in [6.45, 7) is 6.02. The number of sulfonamides is 1. The minimum Gasteiger partial charge on any atom is -0.356 e. The van der Waals surface area contributed by atoms with Crippen LogP contribution in [0.2, 0.25) is 0 Å². The van der Waals surface area contributed by atoms with Crippen LogP contribution >= 0.6 is 11.3 Å². The third-order valence-electron chi connectivity index (χ3n) is 5.16. The van der Waals surface area contributed by atoms with Crippen LogP contribution in [0.15, 0.2) is 46.7 Å². The van der Waals surface area contributed by atoms with E-state index in [1.165, 1.54) is 30.6 Å². The van der Waals surface area contributed by atoms with Crippen molar-refractivity contribution in [1.29, 1.82) is 0 Å². The molecule has 164 valence electrons. The predicted octanol–water partition coefficient (Wildman–Crippen LogP) is 4.94. The van der Waals surface area contributed by atoms with E-state index < -0.39 is 10.0 Å². The van der Waals surface area contributed by atoms with Gasteiger partial charge in [-0.3, -0.25) is 4.72 Å². The van der Waals surface area contributed by atoms with Gasteiger partial charge in [0, 0.05) is 41.1 Å². The summed E-state index contributed by atoms with van der Waals surface area (Å²) in [7, 11) is -3.58. The molecule has 2 N–H and O–H groups in total. The number of hydrogen-bond acceptors (Lipinski definition) is 7. The number of piperidine rings is 1. The maximum atomic E-state index is 12.6. The van der Waals surface area contributed by atoms with E-state index in [0.29, 0.717) is 15.8 Å². The molecule has 0 atom stereocenters. The fourth-order valence-electron chi connectivity index (χ4n) is 3.54. The van der Waals surface area contributed by atoms with E-state index in [1.54, 1.807) is 18.2 Å². The molecule has 0 unspecified atom stereocenters. The second kappa shape index (κ2) is 9.23. The Balaban J connectivity index is 1.45. The van der Waals surface area contributed by atoms with Crippen LogP contribution in [0.3, 0.4) is 0 Å². The van der Waals surface area contributed by atoms with E-state index in [-0.39, 0.29) is 0 Å². The predicted molar refractivity (Wildman–Crippen MR) is 127 cm³/mol. The topological polar surface area (TPSA) is 87.2 Å². The van der Waals surface area contributed by atoms with E-state index in [9.17, 15) is 8.42 Å². The summed E-state index contributed by atoms with van der Waals surface area (Å²) in [5.41, 5.74) is 2.21. The molecular formula is C22H27N5O2S2. The van der Waals surface area contributed by atoms with E-state index in [4.69, 9.17) is 0 Å². The van der Waals surface area contributed by atoms with E-state index in [1.807, 2.05) is 38.1 Å². The Kier molecular flexibility index (Phi) is 6.43. The highest BCUT2D eigenvalue weighted by Crippen LogP contribution is 2.26. The van der Waals surface area contributed by atoms with Crippen LogP contribution in [0.5, 0.6) is 0 Å². The van der Waals surface area contributed by atoms with Crippen molar-refractivity contribution >= 4 is 44.5 Å². The molecule has 1 aliphatic rings. The number of hydrogen-bond donors (Lipinski definition) is 2. The number of aromatic nitrogens is 2. The van der Waals surface area contributed by atoms with Gasteiger partial charge in [0.1, 0.15) is 10.0 Å². The van der Waals surface area contributed by atoms with Gasteiger partial charge in [-0.25, -0.2) is 13.4 Å². The molecular weight excluding hydrogens is 430 g/mol. The smallest absolute Gasteiger partial charge is 0.271 e. The molecule has 0 saturated carbocycles. The van der Waals surface area contributed by atoms with Gasteiger partial charge in [-0.1, -0.05) is 6.92 Å². The molecule has 0 radical (unpaired) electrons. The van der Waals surface area contributed by atoms with Crippen molar-refractivity contribution in [1.82, 2.24) is 9.97 Å². The fourth-order valence-corrected chi connectivity index (χ4v) is 5.90. The number of rotatable bonds is 7. The Hall–Kier alpha value is -2.65. The van der Waals surface area contributed by atoms with Crippen molar-refractivity contribution in [2.24, 2.45) is 0 Å². The molecule has 0 amide bonds. The molecule has 0 spiro atoms. The molecule has 1 aliphatic heterocycles. The second-order valence-electron chi connectivity index (χ2n) is 7.62. The number of anilines is 4. The standard InChI is InChI=1S/C22H27N5O2S2/c1-3-19-11-12-21(30-19)31(28,29)26-18-9-7-17(8-10-18)24-22-23-16(2)15-20(25-22)27-13-5-4-6-14-27/h7-12,15,26H,3-6,13-14H2,1-2H3,(H,23,24,25). The Morgan fingerprint density at radius 1 is 1.00 bits per heavy atom. The average Bonchev–Trinajstić information content (AvgIpc) is 3.26. The normalized spacial score (nSPS) is 14.5. The van der Waals surface area contributed by atoms with E-state index >= 15 is 0 Å². The molecule has 3 aromatic rings. The van der Waals surface area contributed by atoms with Crippen molar-refractivity contribution in [3.8, 4) is 0 Å². The molecule has 7 nitrogen and oxygen atoms in total. The molecule has 1 fully saturated rings. The van der Waals surface area contributed by atoms with Gasteiger partial charge < -0.3 is 10.2 Å². The van der Waals surface area contributed by atoms with Crippen molar-refractivity contribution in [2.75, 3.05) is 28.0 Å². The third kappa shape index (κ3) is 5.34. The molecule has 0 aliphatic carbocycles. The molecule has 31 heavy (non-hydrogen) atoms. The summed E-state index contributed by atoms with van der Waals surface area (Å²) in [4.78, 5) is 12.5. The minimum absolute atomic E-state index is 0.324. The maximum Gasteiger partial charge on any atom is 0.271 e. The van der Waals surface area contributed by atoms with Crippen LogP contribution < -0.4 is 14.9 Å². The molecule has 9 heteroatoms. The molecule has 1 saturated heterocycles. The summed E-state index contributed by atoms with van der Waals surface area (Å²) >= 11 is 1.29. The van der Waals surface area contributed by atoms with Crippen molar-refractivity contribution in [2.45, 2.75) is 43.7 Å². The lowest BCUT2D eigenvalue weighted by Crippen LogP contribution is -2.30. The lowest BCUT2D eigenvalue weighted by molar-refractivity contribution is 0.573. The van der Waals surface area contributed by atoms with Gasteiger partial charge in [-0.05, 0) is 69.0 Å². The lowest BCUT2D eigenvalue weighted by Gasteiger charge is -2.28. The number of benzene rings is 1. The first kappa shape index (κ1) is 21.6. The number of thiophene rings is 1. The summed E-state index contributed by atoms with van der Waals surface area (Å²) in [6, 6.07) is 12.6. The highest BCUT2D eigenvalue weighted by molar-refractivity contribution is 7.94. The Morgan fingerprint density at radius 2 is 1.71 bits per heavy atom. The SMILES string of the molecule is CCc1ccc(S(=O)(=O)Nc2ccc(Nc3nc(C)cc(N4CCCCC4)n3)cc2)s1. The first-order chi connectivity index (χ1) is 14.9. The Bertz CT molecular complexity index is 1140. The van der Waals surface area contributed by atoms with Crippen LogP contribution in [0.1, 0.15) is 36.8 Å². The van der Waals surface area contributed by atoms with Gasteiger partial charge in [0.15, 0.2) is 0 Å². The Morgan fingerprint density at radius 3 is 2.39 bits per heavy atom. The van der Waals surface area contributed by atoms with Crippen molar-refractivity contribution in [3.63, 3.8) is 0 Å². The van der Waals surface area contributed by atoms with Crippen LogP contribution in [0.25, 0.3) is 0 Å². The molecule has 3 heterocycles. The van der Waals surface area contributed by atoms with Gasteiger partial charge in [0.05, 0.1) is 0 Å². The van der Waals surface area contributed by atoms with Crippen molar-refractivity contribution in [3.05, 3.63) is 53.0 Å². The first-order valence-corrected chi connectivity index (χ1v) is 12.8. The van der Waals surface area contributed by atoms with Crippen LogP contribution in [0, 0.1) is 6.92 Å². The monoisotopic (exact) mass is 457 g/mol. The van der Waals surface area contributed by atoms with Gasteiger partial charge in [0.2, 0.25) is 5.95 Å². The summed E-state index contributed by atoms with van der Waals surface area (Å²) < 4.78 is 28.1. The van der Waals surface area contributed by atoms with Gasteiger partial charge in [-0.2, -0.15) is 4.98 Å². The van der Waals surface area contributed by atoms with E-state index in [2.05, 4.69) is 24.9 Å². The van der Waals surface area contributed by atoms with Crippen LogP contribution in [-0.2, 0) is 16.4 Å². The Labute approximate surface area is 187 Å². The summed E-state index contributed by atoms with van der Waals surface area (Å²) in [6.07, 6.45) is 4.47. The number of aryl methyl sites for hydroxylation is 2. The fraction of sp³-hybridized carbons (Fsp3) is 0.364. The van der Waals surface area contributed by atoms with Gasteiger partial charge in [-0.15, -0.1) is 11.3 Å². The van der Waals surface area contributed by atoms with Crippen molar-refractivity contribution < 1.29 is 8.42 Å². The van der Waals surface area contributed by atoms with E-state index in [0.717, 1.165) is 41.6 Å². The zero-order valence-corrected chi connectivity index (χ0v) is 19.4. The average molecular weight is 458 g/mol. The van der Waals surface area contributed by atoms with Gasteiger partial charge >= 0.3 is 0 Å². The maximum absolute atomic E-state index is 12.6. The third-order valence-corrected chi connectivity index (χ3v) is 8.27. The van der Waals surface area contributed by atoms with Crippen LogP contribution in [0.4, 0.5) is 23.1 Å². The highest BCUT2D eigenvalue weighted by atomic mass is 32.2. The highest BCUT2D eigenvalue weighted by Gasteiger charge is 2.17. The first-order valence-electron chi connectivity index (χ1n) is 10.5. The van der Waals surface area contributed by atoms with Crippen LogP contribution in [-0.4, -0.2) is 31.5 Å². The molecule has 1 aromatic carbocycles. The molecule has 0 bridgehead atoms. The second-order valence-corrected chi connectivity index (χ2v) is 10.7. The zero-order chi connectivity index (χ0) is 21.8. The zero-order valence-electron chi connectivity index (χ0n) is 17.8. The molecule has 2 aromatic heterocycles. The lowest BCUT2D eigenvalue weighted by atomic mass is 10.1. The summed E-state index contributed by atoms with van der Waals surface area (Å²) in [5, 5.41) is 3.23. The number of nitrogens with one attached hydrogen (secondary N) is 2.